The molecule has 4 saturated heterocycles. The topological polar surface area (TPSA) is 161 Å². The Morgan fingerprint density at radius 3 is 2.24 bits per heavy atom. The average molecular weight is 1260 g/mol. The summed E-state index contributed by atoms with van der Waals surface area (Å²) in [5.41, 5.74) is 6.93. The molecule has 15 atom stereocenters. The monoisotopic (exact) mass is 1260 g/mol. The highest BCUT2D eigenvalue weighted by Crippen LogP contribution is 2.47. The molecule has 0 aromatic carbocycles. The number of hydrogen-bond donors (Lipinski definition) is 0. The summed E-state index contributed by atoms with van der Waals surface area (Å²) in [6, 6.07) is 0. The Morgan fingerprint density at radius 2 is 1.57 bits per heavy atom. The number of halogens is 1. The summed E-state index contributed by atoms with van der Waals surface area (Å²) in [5, 5.41) is 0.0523. The summed E-state index contributed by atoms with van der Waals surface area (Å²) >= 11 is 5.88. The first-order valence-electron chi connectivity index (χ1n) is 32.1. The third-order valence-electron chi connectivity index (χ3n) is 19.5. The normalized spacial score (nSPS) is 32.0. The molecule has 486 valence electrons. The lowest BCUT2D eigenvalue weighted by atomic mass is 9.79. The summed E-state index contributed by atoms with van der Waals surface area (Å²) < 4.78 is 79.8. The second-order valence-electron chi connectivity index (χ2n) is 27.9. The van der Waals surface area contributed by atoms with Crippen molar-refractivity contribution in [1.82, 2.24) is 9.97 Å². The number of nitrogens with zero attached hydrogens (tertiary/aromatic N) is 2. The molecule has 18 heteroatoms. The number of rotatable bonds is 20. The summed E-state index contributed by atoms with van der Waals surface area (Å²) in [4.78, 5) is 23.9. The van der Waals surface area contributed by atoms with Crippen LogP contribution in [0.25, 0.3) is 12.2 Å². The highest BCUT2D eigenvalue weighted by atomic mass is 35.5. The van der Waals surface area contributed by atoms with Crippen LogP contribution in [0, 0.1) is 11.8 Å². The van der Waals surface area contributed by atoms with Crippen LogP contribution in [0.1, 0.15) is 183 Å². The second-order valence-corrected chi connectivity index (χ2v) is 38.4. The van der Waals surface area contributed by atoms with E-state index in [0.717, 1.165) is 41.7 Å². The van der Waals surface area contributed by atoms with E-state index in [4.69, 9.17) is 77.2 Å². The standard InChI is InChI=1S/C69H107ClN2O13Si2/c1-43(2)87(44(3)4,45(5)6)85-62(33-46(7)28-29-52(74-15)24-22-30-70)61-38-57(75-16)39-69(76-17,83-61)40-64-71-51(41-77-64)34-48(9)66-50(11)67-49(10)59(81-66)25-21-26-63-72-58(42-78-63)60-37-56(84-86(18,19)68(12,13)14)36-55(80-60)35-54-32-47(8)31-53(79-54)23-20-27-65(73)82-67/h20-22,26-30,33-34,41-45,49-50,52-57,59-62,66-67H,8,23-25,31-32,35-40H2,1-7,9-19H3/b26-21+,27-20-,29-28+,30-22+,46-33+,48-34+/t49-,50-,52+,53-,54+,55+,56+,57+,59+,60+,61+,62+,66-,67-,69-/m0/s1. The van der Waals surface area contributed by atoms with E-state index in [2.05, 4.69) is 121 Å². The number of methoxy groups -OCH3 is 3. The van der Waals surface area contributed by atoms with Gasteiger partial charge in [0.25, 0.3) is 0 Å². The second kappa shape index (κ2) is 31.2. The Kier molecular flexibility index (Phi) is 25.4. The molecular formula is C69H107ClN2O13Si2. The van der Waals surface area contributed by atoms with Gasteiger partial charge in [-0.2, -0.15) is 0 Å². The van der Waals surface area contributed by atoms with Gasteiger partial charge in [0.05, 0.1) is 67.5 Å². The van der Waals surface area contributed by atoms with Crippen molar-refractivity contribution in [2.45, 2.75) is 274 Å². The molecule has 0 spiro atoms. The van der Waals surface area contributed by atoms with Gasteiger partial charge in [-0.25, -0.2) is 14.8 Å². The highest BCUT2D eigenvalue weighted by molar-refractivity contribution is 6.77. The Labute approximate surface area is 528 Å². The predicted octanol–water partition coefficient (Wildman–Crippen LogP) is 16.5. The average Bonchev–Trinajstić information content (AvgIpc) is 2.23. The van der Waals surface area contributed by atoms with Crippen LogP contribution in [0.4, 0.5) is 0 Å². The van der Waals surface area contributed by atoms with E-state index in [1.54, 1.807) is 39.9 Å². The van der Waals surface area contributed by atoms with E-state index in [1.165, 1.54) is 5.54 Å². The molecule has 7 rings (SSSR count). The van der Waals surface area contributed by atoms with E-state index in [-0.39, 0.29) is 72.1 Å². The van der Waals surface area contributed by atoms with Gasteiger partial charge in [-0.05, 0) is 105 Å². The third kappa shape index (κ3) is 18.4. The molecule has 0 saturated carbocycles. The largest absolute Gasteiger partial charge is 0.458 e. The number of oxazole rings is 2. The van der Waals surface area contributed by atoms with Crippen molar-refractivity contribution in [3.63, 3.8) is 0 Å². The predicted molar refractivity (Wildman–Crippen MR) is 349 cm³/mol. The zero-order valence-corrected chi connectivity index (χ0v) is 58.6. The molecule has 7 heterocycles. The van der Waals surface area contributed by atoms with Gasteiger partial charge in [-0.1, -0.05) is 142 Å². The van der Waals surface area contributed by atoms with Crippen LogP contribution in [0.3, 0.4) is 0 Å². The van der Waals surface area contributed by atoms with Gasteiger partial charge in [0.2, 0.25) is 14.2 Å². The van der Waals surface area contributed by atoms with Crippen molar-refractivity contribution in [2.24, 2.45) is 11.8 Å². The molecule has 4 fully saturated rings. The minimum atomic E-state index is -2.45. The molecule has 87 heavy (non-hydrogen) atoms. The Morgan fingerprint density at radius 1 is 0.862 bits per heavy atom. The van der Waals surface area contributed by atoms with Gasteiger partial charge < -0.3 is 55.6 Å². The van der Waals surface area contributed by atoms with E-state index in [9.17, 15) is 4.79 Å². The van der Waals surface area contributed by atoms with Crippen molar-refractivity contribution in [3.8, 4) is 0 Å². The lowest BCUT2D eigenvalue weighted by Crippen LogP contribution is -2.57. The first kappa shape index (κ1) is 70.9. The molecule has 2 aromatic heterocycles. The van der Waals surface area contributed by atoms with Crippen LogP contribution in [0.15, 0.2) is 92.7 Å². The molecule has 0 unspecified atom stereocenters. The number of fused-ring (bicyclic) bond motifs is 9. The molecule has 0 amide bonds. The van der Waals surface area contributed by atoms with Gasteiger partial charge >= 0.3 is 5.97 Å². The molecule has 8 bridgehead atoms. The van der Waals surface area contributed by atoms with E-state index < -0.39 is 52.8 Å². The Hall–Kier alpha value is -3.57. The number of aromatic nitrogens is 2. The van der Waals surface area contributed by atoms with E-state index in [1.807, 2.05) is 37.3 Å². The maximum atomic E-state index is 13.9. The molecule has 5 aliphatic heterocycles. The molecule has 15 nitrogen and oxygen atoms in total. The lowest BCUT2D eigenvalue weighted by Gasteiger charge is -2.49. The number of ether oxygens (including phenoxy) is 8. The minimum absolute atomic E-state index is 0.00439. The van der Waals surface area contributed by atoms with Crippen LogP contribution < -0.4 is 0 Å². The minimum Gasteiger partial charge on any atom is -0.458 e. The van der Waals surface area contributed by atoms with Gasteiger partial charge in [-0.15, -0.1) is 0 Å². The van der Waals surface area contributed by atoms with Gasteiger partial charge in [0.15, 0.2) is 20.0 Å². The van der Waals surface area contributed by atoms with Gasteiger partial charge in [0.1, 0.15) is 36.1 Å². The fraction of sp³-hybridized carbons (Fsp3) is 0.696. The highest BCUT2D eigenvalue weighted by Gasteiger charge is 2.52. The van der Waals surface area contributed by atoms with E-state index >= 15 is 0 Å². The van der Waals surface area contributed by atoms with Crippen LogP contribution >= 0.6 is 11.6 Å². The number of allylic oxidation sites excluding steroid dienone is 2. The molecule has 2 aromatic rings. The zero-order chi connectivity index (χ0) is 63.6. The number of esters is 1. The van der Waals surface area contributed by atoms with Crippen molar-refractivity contribution in [2.75, 3.05) is 21.3 Å². The van der Waals surface area contributed by atoms with Gasteiger partial charge in [0, 0.05) is 70.5 Å². The van der Waals surface area contributed by atoms with Crippen LogP contribution in [-0.2, 0) is 58.0 Å². The fourth-order valence-electron chi connectivity index (χ4n) is 13.9. The number of carbonyl (C=O) groups excluding carboxylic acids is 1. The first-order valence-corrected chi connectivity index (χ1v) is 37.6. The maximum absolute atomic E-state index is 13.9. The zero-order valence-electron chi connectivity index (χ0n) is 55.8. The smallest absolute Gasteiger partial charge is 0.330 e. The summed E-state index contributed by atoms with van der Waals surface area (Å²) in [7, 11) is 0.553. The fourth-order valence-corrected chi connectivity index (χ4v) is 20.9. The third-order valence-corrected chi connectivity index (χ3v) is 30.3. The molecule has 0 N–H and O–H groups in total. The number of hydrogen-bond acceptors (Lipinski definition) is 15. The quantitative estimate of drug-likeness (QED) is 0.0532. The molecular weight excluding hydrogens is 1160 g/mol. The summed E-state index contributed by atoms with van der Waals surface area (Å²) in [6.45, 7) is 37.9. The van der Waals surface area contributed by atoms with Crippen LogP contribution in [0.5, 0.6) is 0 Å². The first-order chi connectivity index (χ1) is 41.1. The van der Waals surface area contributed by atoms with Crippen molar-refractivity contribution >= 4 is 46.4 Å². The summed E-state index contributed by atoms with van der Waals surface area (Å²) in [6.07, 6.45) is 24.4. The Balaban J connectivity index is 1.14. The summed E-state index contributed by atoms with van der Waals surface area (Å²) in [5.74, 6) is -1.02. The van der Waals surface area contributed by atoms with Gasteiger partial charge in [-0.3, -0.25) is 0 Å². The van der Waals surface area contributed by atoms with Crippen LogP contribution in [0.2, 0.25) is 34.8 Å². The SMILES string of the molecule is C=C1C[C@@H]2C[C@@H]3C[C@@H](O[Si](C)(C)C(C)(C)C)C[C@@H](O3)c3coc(n3)/C=C/C[C@H]3O[C@@H](/C(C)=C/c4coc(C[C@]5(OC)C[C@H](OC)C[C@H]([C@@H](/C=C(C)/C=C/[C@@H](C/C=C/Cl)OC)O[Si](C(C)C)(C(C)C)C(C)C)O5)n4)[C@H](C)[C@@H](OC(=O)/C=C\C[C@@H](C1)O2)[C@H]3C. The maximum Gasteiger partial charge on any atom is 0.330 e. The molecule has 0 aliphatic carbocycles. The molecule has 5 aliphatic rings. The van der Waals surface area contributed by atoms with Crippen LogP contribution in [-0.4, -0.2) is 127 Å². The van der Waals surface area contributed by atoms with Crippen molar-refractivity contribution in [3.05, 3.63) is 107 Å². The number of carbonyl (C=O) groups is 1. The van der Waals surface area contributed by atoms with E-state index in [0.29, 0.717) is 79.0 Å². The lowest BCUT2D eigenvalue weighted by molar-refractivity contribution is -0.297. The van der Waals surface area contributed by atoms with Crippen molar-refractivity contribution < 1.29 is 60.4 Å². The molecule has 0 radical (unpaired) electrons. The van der Waals surface area contributed by atoms with Crippen molar-refractivity contribution in [1.29, 1.82) is 0 Å². The Bertz CT molecular complexity index is 2720.